The molecule has 2 aromatic heterocycles. The summed E-state index contributed by atoms with van der Waals surface area (Å²) in [5, 5.41) is 8.97. The van der Waals surface area contributed by atoms with Gasteiger partial charge in [0.15, 0.2) is 5.69 Å². The number of carbonyl (C=O) groups excluding carboxylic acids is 2. The van der Waals surface area contributed by atoms with Gasteiger partial charge in [0, 0.05) is 40.0 Å². The molecule has 0 saturated heterocycles. The minimum Gasteiger partial charge on any atom is -0.404 e. The fourth-order valence-corrected chi connectivity index (χ4v) is 4.71. The Morgan fingerprint density at radius 3 is 2.35 bits per heavy atom. The first-order valence-electron chi connectivity index (χ1n) is 12.1. The number of aromatic nitrogens is 3. The van der Waals surface area contributed by atoms with E-state index in [-0.39, 0.29) is 18.1 Å². The van der Waals surface area contributed by atoms with E-state index in [2.05, 4.69) is 15.4 Å². The third kappa shape index (κ3) is 6.02. The second kappa shape index (κ2) is 11.9. The molecule has 0 atom stereocenters. The minimum absolute atomic E-state index is 0.128. The molecule has 0 saturated carbocycles. The second-order valence-corrected chi connectivity index (χ2v) is 10.1. The van der Waals surface area contributed by atoms with Gasteiger partial charge in [0.25, 0.3) is 5.91 Å². The van der Waals surface area contributed by atoms with Crippen LogP contribution in [0.2, 0.25) is 15.1 Å². The van der Waals surface area contributed by atoms with Crippen molar-refractivity contribution in [3.8, 4) is 22.8 Å². The molecule has 5 aromatic rings. The molecule has 1 amide bonds. The van der Waals surface area contributed by atoms with Crippen LogP contribution in [0, 0.1) is 6.92 Å². The van der Waals surface area contributed by atoms with E-state index in [1.165, 1.54) is 6.20 Å². The monoisotopic (exact) mass is 590 g/mol. The van der Waals surface area contributed by atoms with Crippen molar-refractivity contribution in [2.45, 2.75) is 13.5 Å². The highest BCUT2D eigenvalue weighted by Crippen LogP contribution is 2.33. The van der Waals surface area contributed by atoms with Gasteiger partial charge < -0.3 is 10.1 Å². The molecule has 2 heterocycles. The van der Waals surface area contributed by atoms with E-state index in [1.54, 1.807) is 71.4 Å². The molecule has 0 bridgehead atoms. The standard InChI is InChI=1S/C30H21Cl3N4O3/c1-18-27(29(38)35-17-19-13-14-34-26(15-19)40-30(39)21-5-3-2-4-6-21)36-37(25-12-11-23(32)16-24(25)33)28(18)20-7-9-22(31)10-8-20/h2-16H,17H2,1H3,(H,35,38). The van der Waals surface area contributed by atoms with Crippen LogP contribution in [-0.2, 0) is 6.54 Å². The fraction of sp³-hybridized carbons (Fsp3) is 0.0667. The molecule has 0 radical (unpaired) electrons. The molecule has 7 nitrogen and oxygen atoms in total. The maximum Gasteiger partial charge on any atom is 0.344 e. The largest absolute Gasteiger partial charge is 0.404 e. The number of nitrogens with zero attached hydrogens (tertiary/aromatic N) is 3. The zero-order valence-electron chi connectivity index (χ0n) is 21.1. The summed E-state index contributed by atoms with van der Waals surface area (Å²) in [5.74, 6) is -0.786. The third-order valence-corrected chi connectivity index (χ3v) is 6.84. The molecule has 0 aliphatic carbocycles. The van der Waals surface area contributed by atoms with Crippen LogP contribution >= 0.6 is 34.8 Å². The van der Waals surface area contributed by atoms with Gasteiger partial charge in [-0.15, -0.1) is 0 Å². The summed E-state index contributed by atoms with van der Waals surface area (Å²) in [5.41, 5.74) is 4.03. The van der Waals surface area contributed by atoms with Gasteiger partial charge in [0.2, 0.25) is 5.88 Å². The van der Waals surface area contributed by atoms with Crippen molar-refractivity contribution in [2.24, 2.45) is 0 Å². The maximum absolute atomic E-state index is 13.3. The van der Waals surface area contributed by atoms with Gasteiger partial charge in [0.1, 0.15) is 0 Å². The summed E-state index contributed by atoms with van der Waals surface area (Å²) in [7, 11) is 0. The second-order valence-electron chi connectivity index (χ2n) is 8.78. The van der Waals surface area contributed by atoms with Crippen LogP contribution in [-0.4, -0.2) is 26.6 Å². The smallest absolute Gasteiger partial charge is 0.344 e. The summed E-state index contributed by atoms with van der Waals surface area (Å²) >= 11 is 18.7. The lowest BCUT2D eigenvalue weighted by Gasteiger charge is -2.11. The summed E-state index contributed by atoms with van der Waals surface area (Å²) in [4.78, 5) is 29.8. The van der Waals surface area contributed by atoms with E-state index in [0.717, 1.165) is 5.56 Å². The average Bonchev–Trinajstić information content (AvgIpc) is 3.29. The number of esters is 1. The number of carbonyl (C=O) groups is 2. The molecular weight excluding hydrogens is 571 g/mol. The lowest BCUT2D eigenvalue weighted by atomic mass is 10.1. The van der Waals surface area contributed by atoms with Crippen LogP contribution in [0.5, 0.6) is 5.88 Å². The Labute approximate surface area is 245 Å². The van der Waals surface area contributed by atoms with E-state index in [9.17, 15) is 9.59 Å². The van der Waals surface area contributed by atoms with Gasteiger partial charge in [-0.2, -0.15) is 5.10 Å². The Kier molecular flexibility index (Phi) is 8.16. The number of hydrogen-bond acceptors (Lipinski definition) is 5. The molecule has 0 aliphatic rings. The third-order valence-electron chi connectivity index (χ3n) is 6.05. The highest BCUT2D eigenvalue weighted by Gasteiger charge is 2.23. The van der Waals surface area contributed by atoms with Crippen molar-refractivity contribution in [1.82, 2.24) is 20.1 Å². The summed E-state index contributed by atoms with van der Waals surface area (Å²) in [6.45, 7) is 1.97. The highest BCUT2D eigenvalue weighted by molar-refractivity contribution is 6.35. The Morgan fingerprint density at radius 2 is 1.62 bits per heavy atom. The summed E-state index contributed by atoms with van der Waals surface area (Å²) in [6, 6.07) is 24.2. The van der Waals surface area contributed by atoms with E-state index in [1.807, 2.05) is 25.1 Å². The van der Waals surface area contributed by atoms with Gasteiger partial charge in [-0.1, -0.05) is 65.1 Å². The van der Waals surface area contributed by atoms with Crippen molar-refractivity contribution in [3.63, 3.8) is 0 Å². The van der Waals surface area contributed by atoms with E-state index < -0.39 is 11.9 Å². The lowest BCUT2D eigenvalue weighted by Crippen LogP contribution is -2.24. The fourth-order valence-electron chi connectivity index (χ4n) is 4.10. The van der Waals surface area contributed by atoms with Crippen LogP contribution in [0.3, 0.4) is 0 Å². The summed E-state index contributed by atoms with van der Waals surface area (Å²) in [6.07, 6.45) is 1.51. The first-order chi connectivity index (χ1) is 19.3. The first-order valence-corrected chi connectivity index (χ1v) is 13.2. The molecule has 40 heavy (non-hydrogen) atoms. The number of pyridine rings is 1. The van der Waals surface area contributed by atoms with Gasteiger partial charge >= 0.3 is 5.97 Å². The molecule has 10 heteroatoms. The van der Waals surface area contributed by atoms with Crippen molar-refractivity contribution < 1.29 is 14.3 Å². The molecule has 200 valence electrons. The number of rotatable bonds is 7. The predicted molar refractivity (Wildman–Crippen MR) is 156 cm³/mol. The van der Waals surface area contributed by atoms with Crippen LogP contribution in [0.25, 0.3) is 16.9 Å². The molecule has 1 N–H and O–H groups in total. The van der Waals surface area contributed by atoms with Crippen LogP contribution < -0.4 is 10.1 Å². The molecule has 0 aliphatic heterocycles. The van der Waals surface area contributed by atoms with Crippen molar-refractivity contribution in [1.29, 1.82) is 0 Å². The van der Waals surface area contributed by atoms with Crippen molar-refractivity contribution >= 4 is 46.7 Å². The van der Waals surface area contributed by atoms with E-state index in [4.69, 9.17) is 39.5 Å². The van der Waals surface area contributed by atoms with Crippen molar-refractivity contribution in [2.75, 3.05) is 0 Å². The molecule has 5 rings (SSSR count). The number of halogens is 3. The van der Waals surface area contributed by atoms with Crippen LogP contribution in [0.15, 0.2) is 91.1 Å². The zero-order valence-corrected chi connectivity index (χ0v) is 23.3. The van der Waals surface area contributed by atoms with Crippen LogP contribution in [0.4, 0.5) is 0 Å². The molecular formula is C30H21Cl3N4O3. The zero-order chi connectivity index (χ0) is 28.2. The quantitative estimate of drug-likeness (QED) is 0.200. The predicted octanol–water partition coefficient (Wildman–Crippen LogP) is 7.35. The van der Waals surface area contributed by atoms with E-state index in [0.29, 0.717) is 43.1 Å². The van der Waals surface area contributed by atoms with Gasteiger partial charge in [0.05, 0.1) is 22.0 Å². The molecule has 0 unspecified atom stereocenters. The Hall–Kier alpha value is -4.17. The Balaban J connectivity index is 1.40. The van der Waals surface area contributed by atoms with Gasteiger partial charge in [-0.25, -0.2) is 14.5 Å². The number of nitrogens with one attached hydrogen (secondary N) is 1. The topological polar surface area (TPSA) is 86.1 Å². The highest BCUT2D eigenvalue weighted by atomic mass is 35.5. The van der Waals surface area contributed by atoms with Gasteiger partial charge in [-0.05, 0) is 61.0 Å². The average molecular weight is 592 g/mol. The number of hydrogen-bond donors (Lipinski definition) is 1. The van der Waals surface area contributed by atoms with Crippen LogP contribution in [0.1, 0.15) is 32.0 Å². The lowest BCUT2D eigenvalue weighted by molar-refractivity contribution is 0.0726. The number of amides is 1. The molecule has 0 spiro atoms. The van der Waals surface area contributed by atoms with Gasteiger partial charge in [-0.3, -0.25) is 4.79 Å². The van der Waals surface area contributed by atoms with Crippen molar-refractivity contribution in [3.05, 3.63) is 129 Å². The normalized spacial score (nSPS) is 10.8. The Bertz CT molecular complexity index is 1700. The molecule has 0 fully saturated rings. The number of benzene rings is 3. The maximum atomic E-state index is 13.3. The SMILES string of the molecule is Cc1c(C(=O)NCc2ccnc(OC(=O)c3ccccc3)c2)nn(-c2ccc(Cl)cc2Cl)c1-c1ccc(Cl)cc1. The summed E-state index contributed by atoms with van der Waals surface area (Å²) < 4.78 is 7.01. The first kappa shape index (κ1) is 27.4. The minimum atomic E-state index is -0.522. The Morgan fingerprint density at radius 1 is 0.900 bits per heavy atom. The van der Waals surface area contributed by atoms with E-state index >= 15 is 0 Å². The molecule has 3 aromatic carbocycles. The number of ether oxygens (including phenoxy) is 1.